The van der Waals surface area contributed by atoms with Crippen molar-refractivity contribution < 1.29 is 22.4 Å². The number of amides is 1. The summed E-state index contributed by atoms with van der Waals surface area (Å²) in [6.07, 6.45) is -3.39. The Morgan fingerprint density at radius 2 is 1.90 bits per heavy atom. The number of hydrogen-bond donors (Lipinski definition) is 1. The average molecular weight is 298 g/mol. The first-order valence-corrected chi connectivity index (χ1v) is 5.89. The van der Waals surface area contributed by atoms with E-state index in [2.05, 4.69) is 10.3 Å². The summed E-state index contributed by atoms with van der Waals surface area (Å²) in [6.45, 7) is 1.78. The van der Waals surface area contributed by atoms with Crippen LogP contribution in [0.15, 0.2) is 36.5 Å². The van der Waals surface area contributed by atoms with Crippen molar-refractivity contribution in [1.29, 1.82) is 0 Å². The monoisotopic (exact) mass is 298 g/mol. The Morgan fingerprint density at radius 3 is 2.48 bits per heavy atom. The predicted molar refractivity (Wildman–Crippen MR) is 68.3 cm³/mol. The van der Waals surface area contributed by atoms with Gasteiger partial charge in [0.15, 0.2) is 0 Å². The zero-order valence-electron chi connectivity index (χ0n) is 10.8. The van der Waals surface area contributed by atoms with Gasteiger partial charge in [-0.15, -0.1) is 0 Å². The molecule has 0 saturated carbocycles. The van der Waals surface area contributed by atoms with Gasteiger partial charge in [-0.2, -0.15) is 13.2 Å². The van der Waals surface area contributed by atoms with Crippen LogP contribution in [0.2, 0.25) is 0 Å². The van der Waals surface area contributed by atoms with Gasteiger partial charge in [-0.1, -0.05) is 12.1 Å². The molecule has 0 spiro atoms. The molecule has 1 amide bonds. The molecule has 7 heteroatoms. The number of aryl methyl sites for hydroxylation is 1. The molecule has 0 radical (unpaired) electrons. The minimum Gasteiger partial charge on any atom is -0.306 e. The summed E-state index contributed by atoms with van der Waals surface area (Å²) in [5.74, 6) is -2.47. The van der Waals surface area contributed by atoms with Crippen molar-refractivity contribution in [3.63, 3.8) is 0 Å². The fourth-order valence-electron chi connectivity index (χ4n) is 1.65. The zero-order valence-corrected chi connectivity index (χ0v) is 10.8. The predicted octanol–water partition coefficient (Wildman–Crippen LogP) is 3.80. The van der Waals surface area contributed by atoms with E-state index in [1.54, 1.807) is 13.0 Å². The van der Waals surface area contributed by atoms with Crippen molar-refractivity contribution in [3.8, 4) is 0 Å². The fraction of sp³-hybridized carbons (Fsp3) is 0.143. The van der Waals surface area contributed by atoms with E-state index in [-0.39, 0.29) is 5.82 Å². The lowest BCUT2D eigenvalue weighted by molar-refractivity contribution is -0.140. The number of halogens is 4. The summed E-state index contributed by atoms with van der Waals surface area (Å²) < 4.78 is 51.5. The molecule has 2 rings (SSSR count). The molecule has 0 bridgehead atoms. The van der Waals surface area contributed by atoms with Crippen LogP contribution in [0.4, 0.5) is 23.4 Å². The normalized spacial score (nSPS) is 11.3. The molecule has 0 aliphatic rings. The zero-order chi connectivity index (χ0) is 15.6. The standard InChI is InChI=1S/C14H10F4N2O/c1-8-5-6-11(19-7-8)20-13(21)9-3-2-4-10(12(9)15)14(16,17)18/h2-7H,1H3,(H,19,20,21). The molecule has 110 valence electrons. The van der Waals surface area contributed by atoms with Crippen LogP contribution in [0.1, 0.15) is 21.5 Å². The van der Waals surface area contributed by atoms with Crippen LogP contribution in [0.5, 0.6) is 0 Å². The first-order valence-electron chi connectivity index (χ1n) is 5.89. The number of carbonyl (C=O) groups is 1. The molecule has 0 aliphatic heterocycles. The van der Waals surface area contributed by atoms with Crippen molar-refractivity contribution in [2.24, 2.45) is 0 Å². The third kappa shape index (κ3) is 3.36. The van der Waals surface area contributed by atoms with Crippen LogP contribution in [-0.4, -0.2) is 10.9 Å². The molecule has 0 unspecified atom stereocenters. The Balaban J connectivity index is 2.30. The van der Waals surface area contributed by atoms with Crippen molar-refractivity contribution in [1.82, 2.24) is 4.98 Å². The Morgan fingerprint density at radius 1 is 1.19 bits per heavy atom. The highest BCUT2D eigenvalue weighted by Gasteiger charge is 2.35. The first kappa shape index (κ1) is 15.0. The number of anilines is 1. The molecular weight excluding hydrogens is 288 g/mol. The summed E-state index contributed by atoms with van der Waals surface area (Å²) in [7, 11) is 0. The molecule has 3 nitrogen and oxygen atoms in total. The molecule has 1 heterocycles. The van der Waals surface area contributed by atoms with Crippen molar-refractivity contribution >= 4 is 11.7 Å². The van der Waals surface area contributed by atoms with Gasteiger partial charge in [0.05, 0.1) is 11.1 Å². The maximum Gasteiger partial charge on any atom is 0.419 e. The fourth-order valence-corrected chi connectivity index (χ4v) is 1.65. The summed E-state index contributed by atoms with van der Waals surface area (Å²) in [5, 5.41) is 2.25. The van der Waals surface area contributed by atoms with E-state index in [0.717, 1.165) is 17.7 Å². The van der Waals surface area contributed by atoms with Crippen LogP contribution in [-0.2, 0) is 6.18 Å². The van der Waals surface area contributed by atoms with Crippen LogP contribution in [0.3, 0.4) is 0 Å². The molecular formula is C14H10F4N2O. The number of nitrogens with zero attached hydrogens (tertiary/aromatic N) is 1. The van der Waals surface area contributed by atoms with E-state index in [4.69, 9.17) is 0 Å². The molecule has 2 aromatic rings. The molecule has 0 fully saturated rings. The van der Waals surface area contributed by atoms with Gasteiger partial charge in [0, 0.05) is 6.20 Å². The molecule has 1 N–H and O–H groups in total. The second-order valence-corrected chi connectivity index (χ2v) is 4.34. The SMILES string of the molecule is Cc1ccc(NC(=O)c2cccc(C(F)(F)F)c2F)nc1. The van der Waals surface area contributed by atoms with Gasteiger partial charge < -0.3 is 5.32 Å². The third-order valence-electron chi connectivity index (χ3n) is 2.70. The maximum absolute atomic E-state index is 13.8. The summed E-state index contributed by atoms with van der Waals surface area (Å²) >= 11 is 0. The molecule has 1 aromatic carbocycles. The van der Waals surface area contributed by atoms with Gasteiger partial charge in [0.1, 0.15) is 11.6 Å². The van der Waals surface area contributed by atoms with Gasteiger partial charge in [0.2, 0.25) is 0 Å². The molecule has 0 aliphatic carbocycles. The lowest BCUT2D eigenvalue weighted by Gasteiger charge is -2.11. The number of pyridine rings is 1. The van der Waals surface area contributed by atoms with Crippen molar-refractivity contribution in [2.45, 2.75) is 13.1 Å². The third-order valence-corrected chi connectivity index (χ3v) is 2.70. The lowest BCUT2D eigenvalue weighted by Crippen LogP contribution is -2.18. The second kappa shape index (κ2) is 5.51. The van der Waals surface area contributed by atoms with Gasteiger partial charge >= 0.3 is 6.18 Å². The van der Waals surface area contributed by atoms with E-state index in [1.165, 1.54) is 12.3 Å². The van der Waals surface area contributed by atoms with Crippen molar-refractivity contribution in [2.75, 3.05) is 5.32 Å². The number of aromatic nitrogens is 1. The molecule has 0 atom stereocenters. The highest BCUT2D eigenvalue weighted by atomic mass is 19.4. The molecule has 21 heavy (non-hydrogen) atoms. The average Bonchev–Trinajstić information content (AvgIpc) is 2.40. The van der Waals surface area contributed by atoms with Crippen LogP contribution >= 0.6 is 0 Å². The van der Waals surface area contributed by atoms with Crippen molar-refractivity contribution in [3.05, 3.63) is 59.0 Å². The number of benzene rings is 1. The smallest absolute Gasteiger partial charge is 0.306 e. The highest BCUT2D eigenvalue weighted by molar-refractivity contribution is 6.04. The maximum atomic E-state index is 13.8. The Kier molecular flexibility index (Phi) is 3.93. The van der Waals surface area contributed by atoms with Gasteiger partial charge in [-0.25, -0.2) is 9.37 Å². The number of alkyl halides is 3. The number of rotatable bonds is 2. The van der Waals surface area contributed by atoms with Crippen LogP contribution in [0.25, 0.3) is 0 Å². The number of nitrogens with one attached hydrogen (secondary N) is 1. The number of carbonyl (C=O) groups excluding carboxylic acids is 1. The van der Waals surface area contributed by atoms with Gasteiger partial charge in [0.25, 0.3) is 5.91 Å². The quantitative estimate of drug-likeness (QED) is 0.857. The second-order valence-electron chi connectivity index (χ2n) is 4.34. The topological polar surface area (TPSA) is 42.0 Å². The van der Waals surface area contributed by atoms with E-state index in [9.17, 15) is 22.4 Å². The largest absolute Gasteiger partial charge is 0.419 e. The minimum atomic E-state index is -4.86. The summed E-state index contributed by atoms with van der Waals surface area (Å²) in [5.41, 5.74) is -1.32. The highest BCUT2D eigenvalue weighted by Crippen LogP contribution is 2.32. The van der Waals surface area contributed by atoms with E-state index in [1.807, 2.05) is 0 Å². The summed E-state index contributed by atoms with van der Waals surface area (Å²) in [4.78, 5) is 15.7. The van der Waals surface area contributed by atoms with E-state index in [0.29, 0.717) is 6.07 Å². The Hall–Kier alpha value is -2.44. The van der Waals surface area contributed by atoms with Crippen LogP contribution < -0.4 is 5.32 Å². The van der Waals surface area contributed by atoms with Gasteiger partial charge in [-0.3, -0.25) is 4.79 Å². The van der Waals surface area contributed by atoms with Gasteiger partial charge in [-0.05, 0) is 30.7 Å². The Labute approximate surface area is 117 Å². The van der Waals surface area contributed by atoms with E-state index >= 15 is 0 Å². The number of hydrogen-bond acceptors (Lipinski definition) is 2. The minimum absolute atomic E-state index is 0.127. The summed E-state index contributed by atoms with van der Waals surface area (Å²) in [6, 6.07) is 5.66. The Bertz CT molecular complexity index is 666. The first-order chi connectivity index (χ1) is 9.79. The molecule has 0 saturated heterocycles. The lowest BCUT2D eigenvalue weighted by atomic mass is 10.1. The van der Waals surface area contributed by atoms with Crippen LogP contribution in [0, 0.1) is 12.7 Å². The molecule has 1 aromatic heterocycles. The van der Waals surface area contributed by atoms with E-state index < -0.39 is 29.0 Å².